The van der Waals surface area contributed by atoms with Crippen LogP contribution < -0.4 is 0 Å². The second kappa shape index (κ2) is 45.0. The van der Waals surface area contributed by atoms with E-state index < -0.39 is 6.10 Å². The minimum atomic E-state index is -0.820. The number of esters is 3. The fraction of sp³-hybridized carbons (Fsp3) is 0.627. The van der Waals surface area contributed by atoms with Crippen molar-refractivity contribution in [2.45, 2.75) is 194 Å². The number of carbonyl (C=O) groups excluding carboxylic acids is 3. The van der Waals surface area contributed by atoms with E-state index >= 15 is 0 Å². The molecule has 0 aliphatic rings. The maximum Gasteiger partial charge on any atom is 0.306 e. The lowest BCUT2D eigenvalue weighted by Gasteiger charge is -2.18. The van der Waals surface area contributed by atoms with E-state index in [-0.39, 0.29) is 44.0 Å². The summed E-state index contributed by atoms with van der Waals surface area (Å²) in [4.78, 5) is 37.7. The normalized spacial score (nSPS) is 13.0. The molecule has 0 aromatic heterocycles. The van der Waals surface area contributed by atoms with Crippen LogP contribution in [0.2, 0.25) is 0 Å². The van der Waals surface area contributed by atoms with Crippen LogP contribution in [0, 0.1) is 0 Å². The topological polar surface area (TPSA) is 78.9 Å². The predicted octanol–water partition coefficient (Wildman–Crippen LogP) is 14.6. The Kier molecular flexibility index (Phi) is 42.1. The molecule has 0 aromatic rings. The molecule has 0 amide bonds. The number of rotatable bonds is 39. The second-order valence-electron chi connectivity index (χ2n) is 14.6. The Morgan fingerprint density at radius 1 is 0.386 bits per heavy atom. The molecule has 0 aromatic carbocycles. The van der Waals surface area contributed by atoms with Crippen LogP contribution in [0.25, 0.3) is 0 Å². The van der Waals surface area contributed by atoms with Crippen LogP contribution in [0.15, 0.2) is 97.2 Å². The molecule has 0 spiro atoms. The molecule has 0 aliphatic carbocycles. The molecule has 0 radical (unpaired) electrons. The third kappa shape index (κ3) is 43.3. The number of hydrogen-bond donors (Lipinski definition) is 0. The lowest BCUT2D eigenvalue weighted by molar-refractivity contribution is -0.167. The molecular weight excluding hydrogens is 709 g/mol. The Morgan fingerprint density at radius 3 is 1.37 bits per heavy atom. The summed E-state index contributed by atoms with van der Waals surface area (Å²) >= 11 is 0. The van der Waals surface area contributed by atoms with Crippen molar-refractivity contribution in [3.05, 3.63) is 97.2 Å². The second-order valence-corrected chi connectivity index (χ2v) is 14.6. The SMILES string of the molecule is CC\C=C/C=C\C=C/CCCCCCCC(=O)OC(COC(=O)CCC/C=C\C/C=C\C/C=C\CCCCCCCC)COC(=O)CCCC/C=C\C/C=C\CC. The van der Waals surface area contributed by atoms with Crippen LogP contribution in [-0.4, -0.2) is 37.2 Å². The molecule has 322 valence electrons. The third-order valence-electron chi connectivity index (χ3n) is 9.11. The molecule has 57 heavy (non-hydrogen) atoms. The summed E-state index contributed by atoms with van der Waals surface area (Å²) in [6, 6.07) is 0. The Labute approximate surface area is 349 Å². The maximum atomic E-state index is 12.7. The molecule has 6 nitrogen and oxygen atoms in total. The third-order valence-corrected chi connectivity index (χ3v) is 9.11. The van der Waals surface area contributed by atoms with Gasteiger partial charge in [0.1, 0.15) is 13.2 Å². The van der Waals surface area contributed by atoms with Gasteiger partial charge in [-0.25, -0.2) is 0 Å². The first-order valence-corrected chi connectivity index (χ1v) is 22.8. The van der Waals surface area contributed by atoms with Crippen LogP contribution >= 0.6 is 0 Å². The largest absolute Gasteiger partial charge is 0.462 e. The monoisotopic (exact) mass is 791 g/mol. The predicted molar refractivity (Wildman–Crippen MR) is 242 cm³/mol. The van der Waals surface area contributed by atoms with Crippen molar-refractivity contribution in [3.63, 3.8) is 0 Å². The average Bonchev–Trinajstić information content (AvgIpc) is 3.21. The Hall–Kier alpha value is -3.67. The highest BCUT2D eigenvalue weighted by Gasteiger charge is 2.19. The smallest absolute Gasteiger partial charge is 0.306 e. The summed E-state index contributed by atoms with van der Waals surface area (Å²) in [6.45, 7) is 6.25. The van der Waals surface area contributed by atoms with Crippen molar-refractivity contribution in [2.24, 2.45) is 0 Å². The van der Waals surface area contributed by atoms with Gasteiger partial charge < -0.3 is 14.2 Å². The van der Waals surface area contributed by atoms with Crippen molar-refractivity contribution in [3.8, 4) is 0 Å². The van der Waals surface area contributed by atoms with Crippen molar-refractivity contribution in [1.82, 2.24) is 0 Å². The van der Waals surface area contributed by atoms with Crippen LogP contribution in [0.5, 0.6) is 0 Å². The van der Waals surface area contributed by atoms with Crippen molar-refractivity contribution in [2.75, 3.05) is 13.2 Å². The molecule has 0 aliphatic heterocycles. The lowest BCUT2D eigenvalue weighted by atomic mass is 10.1. The Morgan fingerprint density at radius 2 is 0.789 bits per heavy atom. The number of unbranched alkanes of at least 4 members (excludes halogenated alkanes) is 14. The van der Waals surface area contributed by atoms with Gasteiger partial charge in [-0.3, -0.25) is 14.4 Å². The molecule has 0 rings (SSSR count). The molecule has 0 heterocycles. The van der Waals surface area contributed by atoms with E-state index in [9.17, 15) is 14.4 Å². The zero-order valence-electron chi connectivity index (χ0n) is 36.6. The summed E-state index contributed by atoms with van der Waals surface area (Å²) in [6.07, 6.45) is 58.4. The molecule has 6 heteroatoms. The first kappa shape index (κ1) is 53.3. The quantitative estimate of drug-likeness (QED) is 0.0203. The van der Waals surface area contributed by atoms with Gasteiger partial charge in [-0.15, -0.1) is 0 Å². The van der Waals surface area contributed by atoms with Crippen LogP contribution in [-0.2, 0) is 28.6 Å². The number of carbonyl (C=O) groups is 3. The van der Waals surface area contributed by atoms with Gasteiger partial charge in [-0.05, 0) is 96.3 Å². The summed E-state index contributed by atoms with van der Waals surface area (Å²) in [7, 11) is 0. The van der Waals surface area contributed by atoms with E-state index in [0.717, 1.165) is 96.3 Å². The molecule has 1 unspecified atom stereocenters. The number of allylic oxidation sites excluding steroid dienone is 16. The van der Waals surface area contributed by atoms with E-state index in [1.807, 2.05) is 6.08 Å². The minimum Gasteiger partial charge on any atom is -0.462 e. The molecular formula is C51H82O6. The Balaban J connectivity index is 4.50. The standard InChI is InChI=1S/C51H82O6/c1-4-7-10-13-16-19-21-23-24-25-26-28-29-32-35-38-41-44-50(53)56-47-48(46-55-49(52)43-40-37-34-31-18-15-12-9-6-3)57-51(54)45-42-39-36-33-30-27-22-20-17-14-11-8-5-2/h8-9,11-12,14,17-18,20,22-24,26,28,31-32,35,48H,4-7,10,13,15-16,19,21,25,27,29-30,33-34,36-47H2,1-3H3/b11-8-,12-9-,17-14-,22-20-,24-23-,28-26-,31-18-,35-32-. The van der Waals surface area contributed by atoms with E-state index in [2.05, 4.69) is 112 Å². The van der Waals surface area contributed by atoms with Crippen LogP contribution in [0.3, 0.4) is 0 Å². The van der Waals surface area contributed by atoms with Gasteiger partial charge in [-0.1, -0.05) is 169 Å². The van der Waals surface area contributed by atoms with Crippen LogP contribution in [0.1, 0.15) is 188 Å². The fourth-order valence-electron chi connectivity index (χ4n) is 5.73. The molecule has 0 saturated heterocycles. The van der Waals surface area contributed by atoms with Gasteiger partial charge in [0.05, 0.1) is 0 Å². The van der Waals surface area contributed by atoms with E-state index in [0.29, 0.717) is 12.8 Å². The fourth-order valence-corrected chi connectivity index (χ4v) is 5.73. The highest BCUT2D eigenvalue weighted by atomic mass is 16.6. The average molecular weight is 791 g/mol. The van der Waals surface area contributed by atoms with Gasteiger partial charge in [0.15, 0.2) is 6.10 Å². The highest BCUT2D eigenvalue weighted by molar-refractivity contribution is 5.71. The van der Waals surface area contributed by atoms with E-state index in [4.69, 9.17) is 14.2 Å². The summed E-state index contributed by atoms with van der Waals surface area (Å²) in [5.74, 6) is -1.04. The summed E-state index contributed by atoms with van der Waals surface area (Å²) in [5, 5.41) is 0. The minimum absolute atomic E-state index is 0.121. The van der Waals surface area contributed by atoms with E-state index in [1.54, 1.807) is 0 Å². The highest BCUT2D eigenvalue weighted by Crippen LogP contribution is 2.11. The zero-order valence-corrected chi connectivity index (χ0v) is 36.6. The van der Waals surface area contributed by atoms with Gasteiger partial charge in [0.25, 0.3) is 0 Å². The van der Waals surface area contributed by atoms with Crippen molar-refractivity contribution in [1.29, 1.82) is 0 Å². The summed E-state index contributed by atoms with van der Waals surface area (Å²) < 4.78 is 16.6. The molecule has 0 fully saturated rings. The van der Waals surface area contributed by atoms with Gasteiger partial charge >= 0.3 is 17.9 Å². The lowest BCUT2D eigenvalue weighted by Crippen LogP contribution is -2.30. The van der Waals surface area contributed by atoms with Crippen LogP contribution in [0.4, 0.5) is 0 Å². The zero-order chi connectivity index (χ0) is 41.5. The van der Waals surface area contributed by atoms with Crippen molar-refractivity contribution < 1.29 is 28.6 Å². The van der Waals surface area contributed by atoms with Gasteiger partial charge in [0, 0.05) is 19.3 Å². The first-order chi connectivity index (χ1) is 28.0. The molecule has 0 saturated carbocycles. The van der Waals surface area contributed by atoms with Crippen molar-refractivity contribution >= 4 is 17.9 Å². The maximum absolute atomic E-state index is 12.7. The number of ether oxygens (including phenoxy) is 3. The van der Waals surface area contributed by atoms with Gasteiger partial charge in [-0.2, -0.15) is 0 Å². The first-order valence-electron chi connectivity index (χ1n) is 22.8. The Bertz CT molecular complexity index is 1180. The molecule has 0 N–H and O–H groups in total. The van der Waals surface area contributed by atoms with E-state index in [1.165, 1.54) is 44.9 Å². The number of hydrogen-bond acceptors (Lipinski definition) is 6. The van der Waals surface area contributed by atoms with Gasteiger partial charge in [0.2, 0.25) is 0 Å². The summed E-state index contributed by atoms with van der Waals surface area (Å²) in [5.41, 5.74) is 0. The molecule has 1 atom stereocenters. The molecule has 0 bridgehead atoms.